The lowest BCUT2D eigenvalue weighted by Gasteiger charge is -2.25. The Kier molecular flexibility index (Phi) is 4.04. The predicted octanol–water partition coefficient (Wildman–Crippen LogP) is 4.00. The highest BCUT2D eigenvalue weighted by molar-refractivity contribution is 5.44. The Bertz CT molecular complexity index is 439. The summed E-state index contributed by atoms with van der Waals surface area (Å²) < 4.78 is 38.0. The zero-order valence-electron chi connectivity index (χ0n) is 10.6. The summed E-state index contributed by atoms with van der Waals surface area (Å²) in [6.45, 7) is 0. The van der Waals surface area contributed by atoms with E-state index < -0.39 is 12.2 Å². The van der Waals surface area contributed by atoms with Crippen molar-refractivity contribution in [3.8, 4) is 5.75 Å². The quantitative estimate of drug-likeness (QED) is 0.855. The third-order valence-electron chi connectivity index (χ3n) is 3.83. The van der Waals surface area contributed by atoms with Gasteiger partial charge in [0.25, 0.3) is 0 Å². The van der Waals surface area contributed by atoms with Crippen LogP contribution in [0.1, 0.15) is 55.2 Å². The molecule has 0 aliphatic heterocycles. The van der Waals surface area contributed by atoms with Crippen LogP contribution in [-0.2, 0) is 0 Å². The van der Waals surface area contributed by atoms with Gasteiger partial charge in [-0.3, -0.25) is 0 Å². The molecule has 0 radical (unpaired) electrons. The van der Waals surface area contributed by atoms with Crippen LogP contribution >= 0.6 is 0 Å². The van der Waals surface area contributed by atoms with Crippen LogP contribution in [0.4, 0.5) is 13.2 Å². The number of halogens is 3. The van der Waals surface area contributed by atoms with Gasteiger partial charge >= 0.3 is 6.18 Å². The molecule has 3 N–H and O–H groups in total. The molecule has 19 heavy (non-hydrogen) atoms. The van der Waals surface area contributed by atoms with E-state index in [1.54, 1.807) is 12.1 Å². The third-order valence-corrected chi connectivity index (χ3v) is 3.83. The summed E-state index contributed by atoms with van der Waals surface area (Å²) in [4.78, 5) is 0. The standard InChI is InChI=1S/C14H18F3NO/c15-14(16,17)13(18)11-8-4-7-10(12(11)19)9-5-2-1-3-6-9/h4,7-9,13,19H,1-3,5-6,18H2/t13-/m1/s1. The van der Waals surface area contributed by atoms with Crippen LogP contribution in [0.25, 0.3) is 0 Å². The largest absolute Gasteiger partial charge is 0.507 e. The molecule has 0 unspecified atom stereocenters. The minimum atomic E-state index is -4.54. The molecule has 1 atom stereocenters. The Labute approximate surface area is 110 Å². The van der Waals surface area contributed by atoms with Crippen LogP contribution < -0.4 is 5.73 Å². The van der Waals surface area contributed by atoms with Gasteiger partial charge in [0.2, 0.25) is 0 Å². The van der Waals surface area contributed by atoms with Gasteiger partial charge in [-0.15, -0.1) is 0 Å². The van der Waals surface area contributed by atoms with Gasteiger partial charge in [0.05, 0.1) is 0 Å². The van der Waals surface area contributed by atoms with Gasteiger partial charge in [-0.25, -0.2) is 0 Å². The summed E-state index contributed by atoms with van der Waals surface area (Å²) in [6.07, 6.45) is 0.553. The van der Waals surface area contributed by atoms with Crippen molar-refractivity contribution in [3.63, 3.8) is 0 Å². The van der Waals surface area contributed by atoms with Crippen LogP contribution in [0.5, 0.6) is 5.75 Å². The molecule has 1 aliphatic rings. The van der Waals surface area contributed by atoms with E-state index in [-0.39, 0.29) is 17.2 Å². The van der Waals surface area contributed by atoms with Crippen LogP contribution in [0.3, 0.4) is 0 Å². The highest BCUT2D eigenvalue weighted by Gasteiger charge is 2.39. The monoisotopic (exact) mass is 273 g/mol. The van der Waals surface area contributed by atoms with Gasteiger partial charge in [0, 0.05) is 5.56 Å². The van der Waals surface area contributed by atoms with Gasteiger partial charge in [-0.1, -0.05) is 37.5 Å². The normalized spacial score (nSPS) is 19.4. The molecule has 0 saturated heterocycles. The maximum Gasteiger partial charge on any atom is 0.407 e. The minimum Gasteiger partial charge on any atom is -0.507 e. The first-order chi connectivity index (χ1) is 8.91. The van der Waals surface area contributed by atoms with Gasteiger partial charge in [-0.05, 0) is 24.3 Å². The van der Waals surface area contributed by atoms with E-state index >= 15 is 0 Å². The molecular weight excluding hydrogens is 255 g/mol. The van der Waals surface area contributed by atoms with Crippen LogP contribution in [-0.4, -0.2) is 11.3 Å². The Hall–Kier alpha value is -1.23. The lowest BCUT2D eigenvalue weighted by atomic mass is 9.82. The molecule has 0 heterocycles. The number of aromatic hydroxyl groups is 1. The lowest BCUT2D eigenvalue weighted by molar-refractivity contribution is -0.149. The second-order valence-corrected chi connectivity index (χ2v) is 5.14. The average Bonchev–Trinajstić information content (AvgIpc) is 2.38. The maximum absolute atomic E-state index is 12.7. The van der Waals surface area contributed by atoms with E-state index in [0.29, 0.717) is 5.56 Å². The molecule has 0 aromatic heterocycles. The molecule has 1 aromatic rings. The second-order valence-electron chi connectivity index (χ2n) is 5.14. The maximum atomic E-state index is 12.7. The number of phenols is 1. The van der Waals surface area contributed by atoms with E-state index in [9.17, 15) is 18.3 Å². The number of alkyl halides is 3. The predicted molar refractivity (Wildman–Crippen MR) is 66.9 cm³/mol. The van der Waals surface area contributed by atoms with Crippen molar-refractivity contribution in [2.24, 2.45) is 5.73 Å². The third kappa shape index (κ3) is 3.03. The zero-order chi connectivity index (χ0) is 14.0. The molecule has 106 valence electrons. The smallest absolute Gasteiger partial charge is 0.407 e. The minimum absolute atomic E-state index is 0.147. The molecule has 2 nitrogen and oxygen atoms in total. The van der Waals surface area contributed by atoms with Crippen molar-refractivity contribution in [2.75, 3.05) is 0 Å². The first-order valence-corrected chi connectivity index (χ1v) is 6.55. The number of nitrogens with two attached hydrogens (primary N) is 1. The highest BCUT2D eigenvalue weighted by atomic mass is 19.4. The number of rotatable bonds is 2. The number of hydrogen-bond donors (Lipinski definition) is 2. The van der Waals surface area contributed by atoms with E-state index in [2.05, 4.69) is 0 Å². The van der Waals surface area contributed by atoms with Gasteiger partial charge in [0.15, 0.2) is 0 Å². The van der Waals surface area contributed by atoms with Gasteiger partial charge in [0.1, 0.15) is 11.8 Å². The van der Waals surface area contributed by atoms with Gasteiger partial charge in [-0.2, -0.15) is 13.2 Å². The molecule has 1 aromatic carbocycles. The van der Waals surface area contributed by atoms with Gasteiger partial charge < -0.3 is 10.8 Å². The van der Waals surface area contributed by atoms with Crippen molar-refractivity contribution in [3.05, 3.63) is 29.3 Å². The number of phenolic OH excluding ortho intramolecular Hbond substituents is 1. The summed E-state index contributed by atoms with van der Waals surface area (Å²) >= 11 is 0. The molecule has 1 aliphatic carbocycles. The Balaban J connectivity index is 2.32. The van der Waals surface area contributed by atoms with Crippen molar-refractivity contribution in [2.45, 2.75) is 50.2 Å². The van der Waals surface area contributed by atoms with Crippen LogP contribution in [0.2, 0.25) is 0 Å². The first-order valence-electron chi connectivity index (χ1n) is 6.55. The number of hydrogen-bond acceptors (Lipinski definition) is 2. The molecule has 5 heteroatoms. The molecule has 0 spiro atoms. The Morgan fingerprint density at radius 3 is 2.37 bits per heavy atom. The fraction of sp³-hybridized carbons (Fsp3) is 0.571. The summed E-state index contributed by atoms with van der Waals surface area (Å²) in [5, 5.41) is 10.1. The Morgan fingerprint density at radius 2 is 1.79 bits per heavy atom. The van der Waals surface area contributed by atoms with Crippen molar-refractivity contribution in [1.29, 1.82) is 0 Å². The van der Waals surface area contributed by atoms with E-state index in [4.69, 9.17) is 5.73 Å². The van der Waals surface area contributed by atoms with Crippen molar-refractivity contribution in [1.82, 2.24) is 0 Å². The number of para-hydroxylation sites is 1. The highest BCUT2D eigenvalue weighted by Crippen LogP contribution is 2.42. The molecule has 0 bridgehead atoms. The fourth-order valence-corrected chi connectivity index (χ4v) is 2.75. The molecule has 1 fully saturated rings. The Morgan fingerprint density at radius 1 is 1.16 bits per heavy atom. The molecule has 1 saturated carbocycles. The second kappa shape index (κ2) is 5.41. The summed E-state index contributed by atoms with van der Waals surface area (Å²) in [6, 6.07) is 2.37. The SMILES string of the molecule is N[C@H](c1cccc(C2CCCCC2)c1O)C(F)(F)F. The summed E-state index contributed by atoms with van der Waals surface area (Å²) in [5.41, 5.74) is 5.57. The van der Waals surface area contributed by atoms with Crippen LogP contribution in [0, 0.1) is 0 Å². The van der Waals surface area contributed by atoms with E-state index in [1.807, 2.05) is 0 Å². The topological polar surface area (TPSA) is 46.2 Å². The van der Waals surface area contributed by atoms with E-state index in [1.165, 1.54) is 6.07 Å². The fourth-order valence-electron chi connectivity index (χ4n) is 2.75. The van der Waals surface area contributed by atoms with E-state index in [0.717, 1.165) is 32.1 Å². The summed E-state index contributed by atoms with van der Waals surface area (Å²) in [5.74, 6) is -0.131. The lowest BCUT2D eigenvalue weighted by Crippen LogP contribution is -2.28. The summed E-state index contributed by atoms with van der Waals surface area (Å²) in [7, 11) is 0. The molecule has 0 amide bonds. The molecule has 2 rings (SSSR count). The average molecular weight is 273 g/mol. The zero-order valence-corrected chi connectivity index (χ0v) is 10.6. The first kappa shape index (κ1) is 14.2. The van der Waals surface area contributed by atoms with Crippen LogP contribution in [0.15, 0.2) is 18.2 Å². The molecular formula is C14H18F3NO. The van der Waals surface area contributed by atoms with Crippen molar-refractivity contribution < 1.29 is 18.3 Å². The van der Waals surface area contributed by atoms with Crippen molar-refractivity contribution >= 4 is 0 Å². The number of benzene rings is 1.